The molecule has 0 fully saturated rings. The second-order valence-electron chi connectivity index (χ2n) is 3.38. The van der Waals surface area contributed by atoms with E-state index in [0.717, 1.165) is 13.0 Å². The lowest BCUT2D eigenvalue weighted by Crippen LogP contribution is -2.11. The van der Waals surface area contributed by atoms with Gasteiger partial charge in [-0.25, -0.2) is 0 Å². The van der Waals surface area contributed by atoms with Crippen LogP contribution in [0.2, 0.25) is 0 Å². The van der Waals surface area contributed by atoms with Crippen molar-refractivity contribution in [2.45, 2.75) is 27.2 Å². The molecule has 2 radical (unpaired) electrons. The summed E-state index contributed by atoms with van der Waals surface area (Å²) >= 11 is 0. The minimum absolute atomic E-state index is 0.437. The molecule has 0 amide bonds. The Balaban J connectivity index is 3.04. The lowest BCUT2D eigenvalue weighted by atomic mass is 10.2. The van der Waals surface area contributed by atoms with Crippen LogP contribution in [0.1, 0.15) is 27.2 Å². The Kier molecular flexibility index (Phi) is 8.39. The van der Waals surface area contributed by atoms with Crippen molar-refractivity contribution < 1.29 is 9.16 Å². The van der Waals surface area contributed by atoms with E-state index >= 15 is 0 Å². The van der Waals surface area contributed by atoms with E-state index in [2.05, 4.69) is 27.4 Å². The van der Waals surface area contributed by atoms with Gasteiger partial charge in [-0.3, -0.25) is 0 Å². The Hall–Kier alpha value is -0.123. The standard InChI is InChI=1S/C10H20O2Si/c1-5-10(4)13-12-7-6-11-8-9(2)3/h9H,4-8H2,1-3H3. The minimum Gasteiger partial charge on any atom is -0.409 e. The maximum atomic E-state index is 5.37. The highest BCUT2D eigenvalue weighted by atomic mass is 28.2. The Morgan fingerprint density at radius 1 is 1.38 bits per heavy atom. The van der Waals surface area contributed by atoms with Crippen molar-refractivity contribution in [1.82, 2.24) is 0 Å². The van der Waals surface area contributed by atoms with Gasteiger partial charge < -0.3 is 9.16 Å². The highest BCUT2D eigenvalue weighted by molar-refractivity contribution is 6.37. The highest BCUT2D eigenvalue weighted by Gasteiger charge is 1.96. The van der Waals surface area contributed by atoms with Gasteiger partial charge in [0.2, 0.25) is 0 Å². The number of hydrogen-bond donors (Lipinski definition) is 0. The maximum absolute atomic E-state index is 5.37. The molecule has 0 unspecified atom stereocenters. The van der Waals surface area contributed by atoms with Gasteiger partial charge in [0, 0.05) is 6.61 Å². The summed E-state index contributed by atoms with van der Waals surface area (Å²) in [5.41, 5.74) is 0. The quantitative estimate of drug-likeness (QED) is 0.442. The van der Waals surface area contributed by atoms with E-state index in [0.29, 0.717) is 28.9 Å². The van der Waals surface area contributed by atoms with Gasteiger partial charge >= 0.3 is 0 Å². The molecule has 0 saturated carbocycles. The van der Waals surface area contributed by atoms with Crippen LogP contribution >= 0.6 is 0 Å². The summed E-state index contributed by atoms with van der Waals surface area (Å²) in [6.45, 7) is 12.4. The van der Waals surface area contributed by atoms with E-state index < -0.39 is 0 Å². The van der Waals surface area contributed by atoms with Crippen LogP contribution in [0.4, 0.5) is 0 Å². The summed E-state index contributed by atoms with van der Waals surface area (Å²) in [6, 6.07) is 0. The van der Waals surface area contributed by atoms with Crippen molar-refractivity contribution in [3.05, 3.63) is 11.8 Å². The zero-order valence-electron chi connectivity index (χ0n) is 8.93. The van der Waals surface area contributed by atoms with Gasteiger partial charge in [0.25, 0.3) is 9.76 Å². The average Bonchev–Trinajstić information content (AvgIpc) is 2.10. The predicted molar refractivity (Wildman–Crippen MR) is 56.8 cm³/mol. The van der Waals surface area contributed by atoms with Gasteiger partial charge in [-0.1, -0.05) is 26.0 Å². The van der Waals surface area contributed by atoms with Gasteiger partial charge in [-0.15, -0.1) is 6.58 Å². The molecule has 0 aliphatic heterocycles. The average molecular weight is 200 g/mol. The summed E-state index contributed by atoms with van der Waals surface area (Å²) in [7, 11) is 0.437. The molecule has 3 heteroatoms. The van der Waals surface area contributed by atoms with Crippen LogP contribution in [0.3, 0.4) is 0 Å². The van der Waals surface area contributed by atoms with E-state index in [1.165, 1.54) is 5.20 Å². The summed E-state index contributed by atoms with van der Waals surface area (Å²) in [5.74, 6) is 0.605. The fourth-order valence-electron chi connectivity index (χ4n) is 0.645. The Bertz CT molecular complexity index is 135. The molecule has 76 valence electrons. The Morgan fingerprint density at radius 2 is 2.08 bits per heavy atom. The fraction of sp³-hybridized carbons (Fsp3) is 0.800. The van der Waals surface area contributed by atoms with Gasteiger partial charge in [0.15, 0.2) is 0 Å². The lowest BCUT2D eigenvalue weighted by molar-refractivity contribution is 0.0833. The molecule has 0 aromatic rings. The van der Waals surface area contributed by atoms with E-state index in [1.54, 1.807) is 0 Å². The van der Waals surface area contributed by atoms with Gasteiger partial charge in [0.05, 0.1) is 13.2 Å². The van der Waals surface area contributed by atoms with Crippen LogP contribution in [0.15, 0.2) is 11.8 Å². The van der Waals surface area contributed by atoms with Crippen molar-refractivity contribution in [3.63, 3.8) is 0 Å². The number of allylic oxidation sites excluding steroid dienone is 1. The summed E-state index contributed by atoms with van der Waals surface area (Å²) in [5, 5.41) is 1.17. The smallest absolute Gasteiger partial charge is 0.263 e. The van der Waals surface area contributed by atoms with Gasteiger partial charge in [0.1, 0.15) is 0 Å². The topological polar surface area (TPSA) is 18.5 Å². The normalized spacial score (nSPS) is 10.8. The molecular weight excluding hydrogens is 180 g/mol. The number of hydrogen-bond acceptors (Lipinski definition) is 2. The molecule has 13 heavy (non-hydrogen) atoms. The predicted octanol–water partition coefficient (Wildman–Crippen LogP) is 2.22. The largest absolute Gasteiger partial charge is 0.409 e. The lowest BCUT2D eigenvalue weighted by Gasteiger charge is -2.07. The summed E-state index contributed by atoms with van der Waals surface area (Å²) < 4.78 is 10.7. The molecule has 2 nitrogen and oxygen atoms in total. The second-order valence-corrected chi connectivity index (χ2v) is 4.58. The van der Waals surface area contributed by atoms with Crippen molar-refractivity contribution >= 4 is 9.76 Å². The molecule has 0 rings (SSSR count). The molecule has 0 aliphatic rings. The first-order valence-electron chi connectivity index (χ1n) is 4.80. The van der Waals surface area contributed by atoms with Crippen LogP contribution < -0.4 is 0 Å². The zero-order valence-corrected chi connectivity index (χ0v) is 9.93. The van der Waals surface area contributed by atoms with Gasteiger partial charge in [-0.05, 0) is 12.3 Å². The zero-order chi connectivity index (χ0) is 10.1. The number of ether oxygens (including phenoxy) is 1. The minimum atomic E-state index is 0.437. The van der Waals surface area contributed by atoms with Crippen molar-refractivity contribution in [2.24, 2.45) is 5.92 Å². The van der Waals surface area contributed by atoms with E-state index in [1.807, 2.05) is 0 Å². The first-order chi connectivity index (χ1) is 6.16. The van der Waals surface area contributed by atoms with E-state index in [9.17, 15) is 0 Å². The third-order valence-electron chi connectivity index (χ3n) is 1.42. The molecule has 0 atom stereocenters. The Labute approximate surface area is 84.3 Å². The van der Waals surface area contributed by atoms with Gasteiger partial charge in [-0.2, -0.15) is 0 Å². The molecule has 0 bridgehead atoms. The third kappa shape index (κ3) is 9.79. The van der Waals surface area contributed by atoms with Crippen molar-refractivity contribution in [3.8, 4) is 0 Å². The second kappa shape index (κ2) is 8.47. The molecule has 0 aliphatic carbocycles. The SMILES string of the molecule is C=C(CC)[Si]OCCOCC(C)C. The third-order valence-corrected chi connectivity index (χ3v) is 2.41. The highest BCUT2D eigenvalue weighted by Crippen LogP contribution is 1.94. The monoisotopic (exact) mass is 200 g/mol. The van der Waals surface area contributed by atoms with E-state index in [-0.39, 0.29) is 0 Å². The fourth-order valence-corrected chi connectivity index (χ4v) is 1.18. The maximum Gasteiger partial charge on any atom is 0.263 e. The molecule has 0 aromatic heterocycles. The molecule has 0 aromatic carbocycles. The summed E-state index contributed by atoms with van der Waals surface area (Å²) in [4.78, 5) is 0. The molecule has 0 heterocycles. The first kappa shape index (κ1) is 12.9. The number of rotatable bonds is 8. The molecule has 0 saturated heterocycles. The van der Waals surface area contributed by atoms with Crippen LogP contribution in [-0.4, -0.2) is 29.6 Å². The molecular formula is C10H20O2Si. The Morgan fingerprint density at radius 3 is 2.62 bits per heavy atom. The first-order valence-corrected chi connectivity index (χ1v) is 5.71. The van der Waals surface area contributed by atoms with Crippen molar-refractivity contribution in [2.75, 3.05) is 19.8 Å². The van der Waals surface area contributed by atoms with Crippen LogP contribution in [0.25, 0.3) is 0 Å². The summed E-state index contributed by atoms with van der Waals surface area (Å²) in [6.07, 6.45) is 1.01. The van der Waals surface area contributed by atoms with Crippen LogP contribution in [0.5, 0.6) is 0 Å². The van der Waals surface area contributed by atoms with E-state index in [4.69, 9.17) is 9.16 Å². The molecule has 0 N–H and O–H groups in total. The van der Waals surface area contributed by atoms with Crippen molar-refractivity contribution in [1.29, 1.82) is 0 Å². The molecule has 0 spiro atoms. The van der Waals surface area contributed by atoms with Crippen LogP contribution in [0, 0.1) is 5.92 Å². The van der Waals surface area contributed by atoms with Crippen LogP contribution in [-0.2, 0) is 9.16 Å².